The molecule has 4 aromatic rings. The first kappa shape index (κ1) is 13.3. The molecule has 2 N–H and O–H groups in total. The normalized spacial score (nSPS) is 10.8. The van der Waals surface area contributed by atoms with Gasteiger partial charge in [-0.3, -0.25) is 9.36 Å². The fraction of sp³-hybridized carbons (Fsp3) is 0. The molecule has 0 aliphatic carbocycles. The molecule has 0 atom stereocenters. The number of hydrogen-bond acceptors (Lipinski definition) is 3. The monoisotopic (exact) mass is 303 g/mol. The number of amides is 1. The molecule has 3 aromatic heterocycles. The molecule has 112 valence electrons. The highest BCUT2D eigenvalue weighted by Gasteiger charge is 2.08. The molecule has 0 aliphatic rings. The fourth-order valence-electron chi connectivity index (χ4n) is 2.41. The topological polar surface area (TPSA) is 75.6 Å². The first-order valence-corrected chi connectivity index (χ1v) is 7.12. The van der Waals surface area contributed by atoms with E-state index in [-0.39, 0.29) is 5.91 Å². The third-order valence-electron chi connectivity index (χ3n) is 3.59. The van der Waals surface area contributed by atoms with Crippen LogP contribution in [0, 0.1) is 0 Å². The van der Waals surface area contributed by atoms with Gasteiger partial charge in [-0.15, -0.1) is 0 Å². The molecule has 4 rings (SSSR count). The van der Waals surface area contributed by atoms with Crippen molar-refractivity contribution in [2.75, 3.05) is 5.32 Å². The fourth-order valence-corrected chi connectivity index (χ4v) is 2.41. The van der Waals surface area contributed by atoms with Gasteiger partial charge in [0.2, 0.25) is 0 Å². The van der Waals surface area contributed by atoms with Crippen LogP contribution in [0.4, 0.5) is 5.69 Å². The SMILES string of the molecule is O=C(Nc1ccc(-n2ccnc2)nc1)c1ccc2[nH]ccc2c1. The van der Waals surface area contributed by atoms with Crippen LogP contribution in [-0.2, 0) is 0 Å². The zero-order valence-electron chi connectivity index (χ0n) is 12.1. The Bertz CT molecular complexity index is 954. The van der Waals surface area contributed by atoms with Crippen LogP contribution in [0.5, 0.6) is 0 Å². The van der Waals surface area contributed by atoms with Gasteiger partial charge in [0.25, 0.3) is 5.91 Å². The van der Waals surface area contributed by atoms with E-state index in [0.29, 0.717) is 11.3 Å². The lowest BCUT2D eigenvalue weighted by Crippen LogP contribution is -2.12. The van der Waals surface area contributed by atoms with Gasteiger partial charge in [-0.05, 0) is 36.4 Å². The van der Waals surface area contributed by atoms with Gasteiger partial charge in [-0.1, -0.05) is 0 Å². The number of carbonyl (C=O) groups excluding carboxylic acids is 1. The summed E-state index contributed by atoms with van der Waals surface area (Å²) in [5.41, 5.74) is 2.26. The highest BCUT2D eigenvalue weighted by molar-refractivity contribution is 6.06. The Labute approximate surface area is 131 Å². The average Bonchev–Trinajstić information content (AvgIpc) is 3.26. The van der Waals surface area contributed by atoms with Crippen LogP contribution in [0.1, 0.15) is 10.4 Å². The number of imidazole rings is 1. The second-order valence-corrected chi connectivity index (χ2v) is 5.11. The third-order valence-corrected chi connectivity index (χ3v) is 3.59. The molecule has 0 saturated heterocycles. The Kier molecular flexibility index (Phi) is 3.12. The summed E-state index contributed by atoms with van der Waals surface area (Å²) >= 11 is 0. The predicted molar refractivity (Wildman–Crippen MR) is 87.6 cm³/mol. The summed E-state index contributed by atoms with van der Waals surface area (Å²) in [7, 11) is 0. The number of anilines is 1. The van der Waals surface area contributed by atoms with Gasteiger partial charge < -0.3 is 10.3 Å². The van der Waals surface area contributed by atoms with Gasteiger partial charge in [0.05, 0.1) is 11.9 Å². The predicted octanol–water partition coefficient (Wildman–Crippen LogP) is 3.00. The first-order valence-electron chi connectivity index (χ1n) is 7.12. The molecule has 1 amide bonds. The van der Waals surface area contributed by atoms with Crippen molar-refractivity contribution in [1.29, 1.82) is 0 Å². The highest BCUT2D eigenvalue weighted by Crippen LogP contribution is 2.16. The zero-order chi connectivity index (χ0) is 15.6. The minimum absolute atomic E-state index is 0.162. The maximum Gasteiger partial charge on any atom is 0.255 e. The molecule has 6 heteroatoms. The van der Waals surface area contributed by atoms with E-state index >= 15 is 0 Å². The van der Waals surface area contributed by atoms with Crippen molar-refractivity contribution >= 4 is 22.5 Å². The number of fused-ring (bicyclic) bond motifs is 1. The summed E-state index contributed by atoms with van der Waals surface area (Å²) in [6.07, 6.45) is 8.65. The van der Waals surface area contributed by atoms with Crippen LogP contribution >= 0.6 is 0 Å². The van der Waals surface area contributed by atoms with E-state index in [2.05, 4.69) is 20.3 Å². The maximum absolute atomic E-state index is 12.3. The molecule has 0 unspecified atom stereocenters. The van der Waals surface area contributed by atoms with E-state index in [0.717, 1.165) is 16.7 Å². The van der Waals surface area contributed by atoms with E-state index in [9.17, 15) is 4.79 Å². The van der Waals surface area contributed by atoms with Crippen molar-refractivity contribution in [2.24, 2.45) is 0 Å². The van der Waals surface area contributed by atoms with Crippen LogP contribution < -0.4 is 5.32 Å². The number of nitrogens with zero attached hydrogens (tertiary/aromatic N) is 3. The van der Waals surface area contributed by atoms with Crippen molar-refractivity contribution in [3.8, 4) is 5.82 Å². The molecule has 0 aliphatic heterocycles. The number of H-pyrrole nitrogens is 1. The Hall–Kier alpha value is -3.41. The van der Waals surface area contributed by atoms with Crippen LogP contribution in [0.2, 0.25) is 0 Å². The lowest BCUT2D eigenvalue weighted by molar-refractivity contribution is 0.102. The van der Waals surface area contributed by atoms with Crippen molar-refractivity contribution < 1.29 is 4.79 Å². The summed E-state index contributed by atoms with van der Waals surface area (Å²) in [5, 5.41) is 3.86. The smallest absolute Gasteiger partial charge is 0.255 e. The van der Waals surface area contributed by atoms with Gasteiger partial charge in [0, 0.05) is 35.1 Å². The number of hydrogen-bond donors (Lipinski definition) is 2. The minimum Gasteiger partial charge on any atom is -0.361 e. The van der Waals surface area contributed by atoms with E-state index in [4.69, 9.17) is 0 Å². The number of aromatic nitrogens is 4. The van der Waals surface area contributed by atoms with Gasteiger partial charge in [0.1, 0.15) is 12.1 Å². The number of nitrogens with one attached hydrogen (secondary N) is 2. The summed E-state index contributed by atoms with van der Waals surface area (Å²) in [5.74, 6) is 0.583. The van der Waals surface area contributed by atoms with Gasteiger partial charge in [-0.2, -0.15) is 0 Å². The van der Waals surface area contributed by atoms with E-state index in [1.807, 2.05) is 42.7 Å². The third kappa shape index (κ3) is 2.57. The molecular weight excluding hydrogens is 290 g/mol. The van der Waals surface area contributed by atoms with Crippen molar-refractivity contribution in [3.05, 3.63) is 73.1 Å². The molecule has 6 nitrogen and oxygen atoms in total. The molecule has 0 spiro atoms. The zero-order valence-corrected chi connectivity index (χ0v) is 12.1. The van der Waals surface area contributed by atoms with Crippen LogP contribution in [0.15, 0.2) is 67.5 Å². The Morgan fingerprint density at radius 3 is 2.91 bits per heavy atom. The van der Waals surface area contributed by atoms with Gasteiger partial charge >= 0.3 is 0 Å². The molecular formula is C17H13N5O. The lowest BCUT2D eigenvalue weighted by Gasteiger charge is -2.06. The maximum atomic E-state index is 12.3. The highest BCUT2D eigenvalue weighted by atomic mass is 16.1. The largest absolute Gasteiger partial charge is 0.361 e. The number of aromatic amines is 1. The Balaban J connectivity index is 1.53. The Morgan fingerprint density at radius 2 is 2.13 bits per heavy atom. The number of pyridine rings is 1. The van der Waals surface area contributed by atoms with E-state index < -0.39 is 0 Å². The van der Waals surface area contributed by atoms with Crippen LogP contribution in [-0.4, -0.2) is 25.4 Å². The minimum atomic E-state index is -0.162. The second-order valence-electron chi connectivity index (χ2n) is 5.11. The quantitative estimate of drug-likeness (QED) is 0.611. The van der Waals surface area contributed by atoms with Gasteiger partial charge in [0.15, 0.2) is 0 Å². The second kappa shape index (κ2) is 5.42. The van der Waals surface area contributed by atoms with E-state index in [1.165, 1.54) is 0 Å². The molecule has 0 bridgehead atoms. The number of benzene rings is 1. The molecule has 0 saturated carbocycles. The standard InChI is InChI=1S/C17H13N5O/c23-17(13-1-3-15-12(9-13)5-6-19-15)21-14-2-4-16(20-10-14)22-8-7-18-11-22/h1-11,19H,(H,21,23). The van der Waals surface area contributed by atoms with Crippen molar-refractivity contribution in [3.63, 3.8) is 0 Å². The molecule has 1 aromatic carbocycles. The van der Waals surface area contributed by atoms with Crippen molar-refractivity contribution in [1.82, 2.24) is 19.5 Å². The van der Waals surface area contributed by atoms with Crippen molar-refractivity contribution in [2.45, 2.75) is 0 Å². The van der Waals surface area contributed by atoms with E-state index in [1.54, 1.807) is 29.4 Å². The molecule has 3 heterocycles. The summed E-state index contributed by atoms with van der Waals surface area (Å²) in [4.78, 5) is 23.7. The molecule has 0 fully saturated rings. The first-order chi connectivity index (χ1) is 11.3. The van der Waals surface area contributed by atoms with Crippen LogP contribution in [0.25, 0.3) is 16.7 Å². The molecule has 0 radical (unpaired) electrons. The molecule has 23 heavy (non-hydrogen) atoms. The summed E-state index contributed by atoms with van der Waals surface area (Å²) in [6, 6.07) is 11.1. The van der Waals surface area contributed by atoms with Gasteiger partial charge in [-0.25, -0.2) is 9.97 Å². The lowest BCUT2D eigenvalue weighted by atomic mass is 10.1. The Morgan fingerprint density at radius 1 is 1.17 bits per heavy atom. The van der Waals surface area contributed by atoms with Crippen LogP contribution in [0.3, 0.4) is 0 Å². The summed E-state index contributed by atoms with van der Waals surface area (Å²) in [6.45, 7) is 0. The average molecular weight is 303 g/mol. The summed E-state index contributed by atoms with van der Waals surface area (Å²) < 4.78 is 1.80. The number of carbonyl (C=O) groups is 1. The number of rotatable bonds is 3.